The number of rotatable bonds is 4. The molecule has 0 saturated carbocycles. The van der Waals surface area contributed by atoms with Gasteiger partial charge in [0.25, 0.3) is 0 Å². The second kappa shape index (κ2) is 9.62. The summed E-state index contributed by atoms with van der Waals surface area (Å²) in [7, 11) is 0. The third-order valence-corrected chi connectivity index (χ3v) is 7.45. The summed E-state index contributed by atoms with van der Waals surface area (Å²) in [6, 6.07) is 30.8. The highest BCUT2D eigenvalue weighted by Gasteiger charge is 2.22. The highest BCUT2D eigenvalue weighted by Crippen LogP contribution is 2.46. The average Bonchev–Trinajstić information content (AvgIpc) is 3.53. The first-order valence-electron chi connectivity index (χ1n) is 17.3. The van der Waals surface area contributed by atoms with Crippen LogP contribution in [0.25, 0.3) is 71.9 Å². The summed E-state index contributed by atoms with van der Waals surface area (Å²) in [6.07, 6.45) is 0. The Morgan fingerprint density at radius 2 is 1.00 bits per heavy atom. The Labute approximate surface area is 250 Å². The van der Waals surface area contributed by atoms with E-state index in [0.717, 1.165) is 22.3 Å². The molecule has 0 unspecified atom stereocenters. The van der Waals surface area contributed by atoms with Crippen LogP contribution in [0.3, 0.4) is 0 Å². The smallest absolute Gasteiger partial charge is 0.146 e. The van der Waals surface area contributed by atoms with E-state index in [1.807, 2.05) is 114 Å². The molecule has 0 fully saturated rings. The zero-order valence-electron chi connectivity index (χ0n) is 29.8. The lowest BCUT2D eigenvalue weighted by atomic mass is 9.85. The fourth-order valence-corrected chi connectivity index (χ4v) is 5.72. The number of aromatic nitrogens is 2. The van der Waals surface area contributed by atoms with Crippen LogP contribution in [-0.2, 0) is 0 Å². The lowest BCUT2D eigenvalue weighted by Gasteiger charge is -2.20. The molecule has 8 rings (SSSR count). The van der Waals surface area contributed by atoms with Crippen molar-refractivity contribution >= 4 is 32.6 Å². The van der Waals surface area contributed by atoms with Gasteiger partial charge in [0.05, 0.1) is 22.0 Å². The normalized spacial score (nSPS) is 14.1. The van der Waals surface area contributed by atoms with Gasteiger partial charge in [0.2, 0.25) is 0 Å². The first-order valence-corrected chi connectivity index (χ1v) is 13.3. The molecule has 1 aromatic heterocycles. The van der Waals surface area contributed by atoms with Gasteiger partial charge < -0.3 is 0 Å². The minimum absolute atomic E-state index is 0.119. The largest absolute Gasteiger partial charge is 0.292 e. The number of fused-ring (bicyclic) bond motifs is 3. The van der Waals surface area contributed by atoms with E-state index < -0.39 is 24.2 Å². The maximum atomic E-state index is 9.38. The average molecular weight is 531 g/mol. The Morgan fingerprint density at radius 1 is 0.488 bits per heavy atom. The second-order valence-corrected chi connectivity index (χ2v) is 9.76. The topological polar surface area (TPSA) is 17.8 Å². The van der Waals surface area contributed by atoms with E-state index in [1.165, 1.54) is 0 Å². The maximum Gasteiger partial charge on any atom is 0.146 e. The van der Waals surface area contributed by atoms with Crippen LogP contribution >= 0.6 is 0 Å². The van der Waals surface area contributed by atoms with Crippen LogP contribution in [0.5, 0.6) is 0 Å². The Kier molecular flexibility index (Phi) is 3.89. The van der Waals surface area contributed by atoms with Crippen molar-refractivity contribution in [3.05, 3.63) is 158 Å². The van der Waals surface area contributed by atoms with Crippen LogP contribution in [0, 0.1) is 0 Å². The molecular weight excluding hydrogens is 496 g/mol. The summed E-state index contributed by atoms with van der Waals surface area (Å²) in [6.45, 7) is 0. The molecule has 0 aliphatic rings. The van der Waals surface area contributed by atoms with Crippen molar-refractivity contribution in [2.45, 2.75) is 0 Å². The first-order chi connectivity index (χ1) is 23.7. The molecule has 0 saturated heterocycles. The van der Waals surface area contributed by atoms with Gasteiger partial charge in [-0.15, -0.1) is 0 Å². The van der Waals surface area contributed by atoms with Crippen molar-refractivity contribution in [2.24, 2.45) is 0 Å². The summed E-state index contributed by atoms with van der Waals surface area (Å²) in [5.41, 5.74) is 4.73. The molecule has 2 heteroatoms. The number of para-hydroxylation sites is 3. The van der Waals surface area contributed by atoms with Crippen LogP contribution < -0.4 is 0 Å². The molecule has 1 heterocycles. The van der Waals surface area contributed by atoms with Gasteiger partial charge >= 0.3 is 0 Å². The van der Waals surface area contributed by atoms with Crippen molar-refractivity contribution in [1.29, 1.82) is 0 Å². The summed E-state index contributed by atoms with van der Waals surface area (Å²) in [5, 5.41) is 0.532. The molecule has 7 aromatic carbocycles. The van der Waals surface area contributed by atoms with Crippen molar-refractivity contribution in [3.63, 3.8) is 0 Å². The Hall–Kier alpha value is -5.47. The lowest BCUT2D eigenvalue weighted by Crippen LogP contribution is -1.99. The van der Waals surface area contributed by atoms with Gasteiger partial charge in [-0.2, -0.15) is 0 Å². The van der Waals surface area contributed by atoms with E-state index in [0.29, 0.717) is 22.5 Å². The van der Waals surface area contributed by atoms with E-state index in [-0.39, 0.29) is 51.3 Å². The molecule has 0 radical (unpaired) electrons. The van der Waals surface area contributed by atoms with Gasteiger partial charge in [-0.25, -0.2) is 4.98 Å². The Balaban J connectivity index is 1.71. The number of hydrogen-bond donors (Lipinski definition) is 0. The number of benzene rings is 7. The Bertz CT molecular complexity index is 2550. The van der Waals surface area contributed by atoms with Crippen molar-refractivity contribution in [2.75, 3.05) is 0 Å². The number of nitrogens with zero attached hydrogens (tertiary/aromatic N) is 2. The molecule has 8 aromatic rings. The third kappa shape index (κ3) is 3.76. The predicted octanol–water partition coefficient (Wildman–Crippen LogP) is 10.3. The van der Waals surface area contributed by atoms with Crippen molar-refractivity contribution in [1.82, 2.24) is 9.55 Å². The summed E-state index contributed by atoms with van der Waals surface area (Å²) in [4.78, 5) is 5.03. The molecule has 0 N–H and O–H groups in total. The molecule has 2 nitrogen and oxygen atoms in total. The van der Waals surface area contributed by atoms with Crippen LogP contribution in [0.4, 0.5) is 0 Å². The highest BCUT2D eigenvalue weighted by atomic mass is 15.1. The fraction of sp³-hybridized carbons (Fsp3) is 0. The maximum absolute atomic E-state index is 9.38. The molecule has 0 bridgehead atoms. The molecule has 41 heavy (non-hydrogen) atoms. The minimum Gasteiger partial charge on any atom is -0.292 e. The van der Waals surface area contributed by atoms with Gasteiger partial charge in [-0.05, 0) is 68.1 Å². The highest BCUT2D eigenvalue weighted by molar-refractivity contribution is 6.22. The quantitative estimate of drug-likeness (QED) is 0.207. The van der Waals surface area contributed by atoms with Crippen LogP contribution in [0.15, 0.2) is 158 Å². The first kappa shape index (κ1) is 16.6. The molecule has 0 atom stereocenters. The molecule has 0 aliphatic carbocycles. The molecule has 0 amide bonds. The van der Waals surface area contributed by atoms with E-state index in [2.05, 4.69) is 0 Å². The molecule has 0 aliphatic heterocycles. The second-order valence-electron chi connectivity index (χ2n) is 9.76. The molecule has 0 spiro atoms. The van der Waals surface area contributed by atoms with Gasteiger partial charge in [-0.1, -0.05) is 133 Å². The van der Waals surface area contributed by atoms with Gasteiger partial charge in [-0.3, -0.25) is 4.57 Å². The SMILES string of the molecule is [2H]c1c([2H])c([2H])c2c(-c3nc4ccccc4n3-c3ccccc3)c3c([2H])c([2H])c([2H])c([2H])c3c(-c3ccccc3-c3ccccc3)c2c1[2H]. The monoisotopic (exact) mass is 530 g/mol. The van der Waals surface area contributed by atoms with E-state index in [4.69, 9.17) is 10.5 Å². The zero-order chi connectivity index (χ0) is 34.1. The summed E-state index contributed by atoms with van der Waals surface area (Å²) in [5.74, 6) is 0.292. The molecular formula is C39H26N2. The minimum atomic E-state index is -0.455. The van der Waals surface area contributed by atoms with Crippen LogP contribution in [-0.4, -0.2) is 9.55 Å². The molecule has 192 valence electrons. The predicted molar refractivity (Wildman–Crippen MR) is 172 cm³/mol. The van der Waals surface area contributed by atoms with E-state index in [9.17, 15) is 5.48 Å². The Morgan fingerprint density at radius 3 is 1.66 bits per heavy atom. The van der Waals surface area contributed by atoms with Gasteiger partial charge in [0.15, 0.2) is 0 Å². The van der Waals surface area contributed by atoms with Gasteiger partial charge in [0.1, 0.15) is 5.82 Å². The summed E-state index contributed by atoms with van der Waals surface area (Å²) < 4.78 is 74.6. The number of imidazole rings is 1. The summed E-state index contributed by atoms with van der Waals surface area (Å²) >= 11 is 0. The van der Waals surface area contributed by atoms with Crippen molar-refractivity contribution in [3.8, 4) is 39.3 Å². The third-order valence-electron chi connectivity index (χ3n) is 7.45. The van der Waals surface area contributed by atoms with Gasteiger partial charge in [0, 0.05) is 11.3 Å². The van der Waals surface area contributed by atoms with E-state index >= 15 is 0 Å². The van der Waals surface area contributed by atoms with Crippen molar-refractivity contribution < 1.29 is 11.0 Å². The van der Waals surface area contributed by atoms with Crippen LogP contribution in [0.2, 0.25) is 0 Å². The lowest BCUT2D eigenvalue weighted by molar-refractivity contribution is 1.11. The van der Waals surface area contributed by atoms with Crippen LogP contribution in [0.1, 0.15) is 11.0 Å². The fourth-order valence-electron chi connectivity index (χ4n) is 5.72. The van der Waals surface area contributed by atoms with E-state index in [1.54, 1.807) is 0 Å². The standard InChI is InChI=1S/C39H26N2/c1-3-15-27(16-4-1)29-19-7-8-20-30(29)37-31-21-9-11-23-33(31)38(34-24-12-10-22-32(34)37)39-40-35-25-13-14-26-36(35)41(39)28-17-5-2-6-18-28/h1-26H/i9D,10D,11D,12D,21D,22D,23D,24D. The number of hydrogen-bond acceptors (Lipinski definition) is 1. The zero-order valence-corrected chi connectivity index (χ0v) is 21.8.